The van der Waals surface area contributed by atoms with Crippen molar-refractivity contribution in [2.24, 2.45) is 0 Å². The third-order valence-corrected chi connectivity index (χ3v) is 7.15. The fraction of sp³-hybridized carbons (Fsp3) is 0.267. The lowest BCUT2D eigenvalue weighted by Gasteiger charge is -2.14. The Kier molecular flexibility index (Phi) is 6.81. The predicted molar refractivity (Wildman–Crippen MR) is 113 cm³/mol. The predicted octanol–water partition coefficient (Wildman–Crippen LogP) is 2.73. The van der Waals surface area contributed by atoms with Gasteiger partial charge in [0.05, 0.1) is 17.2 Å². The molecule has 1 aliphatic heterocycles. The summed E-state index contributed by atoms with van der Waals surface area (Å²) in [4.78, 5) is 25.1. The Morgan fingerprint density at radius 2 is 2.08 bits per heavy atom. The highest BCUT2D eigenvalue weighted by atomic mass is 32.2. The minimum atomic E-state index is -0.118. The summed E-state index contributed by atoms with van der Waals surface area (Å²) >= 11 is 14.5. The molecule has 0 spiro atoms. The fourth-order valence-corrected chi connectivity index (χ4v) is 5.45. The molecule has 0 radical (unpaired) electrons. The molecule has 2 aromatic rings. The second kappa shape index (κ2) is 9.09. The molecule has 6 nitrogen and oxygen atoms in total. The Balaban J connectivity index is 1.47. The van der Waals surface area contributed by atoms with Gasteiger partial charge in [0.2, 0.25) is 11.8 Å². The molecule has 1 fully saturated rings. The van der Waals surface area contributed by atoms with Crippen LogP contribution >= 0.6 is 59.3 Å². The maximum absolute atomic E-state index is 12.0. The molecule has 2 amide bonds. The molecular formula is C15H14N4O2S5. The quantitative estimate of drug-likeness (QED) is 0.522. The highest BCUT2D eigenvalue weighted by Gasteiger charge is 2.25. The fourth-order valence-electron chi connectivity index (χ4n) is 2.13. The molecule has 0 unspecified atom stereocenters. The molecule has 1 saturated heterocycles. The maximum Gasteiger partial charge on any atom is 0.238 e. The van der Waals surface area contributed by atoms with E-state index in [2.05, 4.69) is 10.4 Å². The normalized spacial score (nSPS) is 14.1. The molecule has 3 rings (SSSR count). The van der Waals surface area contributed by atoms with Crippen LogP contribution in [0.4, 0.5) is 0 Å². The number of aromatic nitrogens is 2. The number of hydrogen-bond donors (Lipinski definition) is 1. The maximum atomic E-state index is 12.0. The van der Waals surface area contributed by atoms with Crippen LogP contribution < -0.4 is 5.32 Å². The monoisotopic (exact) mass is 442 g/mol. The average molecular weight is 443 g/mol. The molecule has 136 valence electrons. The number of thiocarbonyl (C=S) groups is 1. The molecule has 0 aliphatic carbocycles. The largest absolute Gasteiger partial charge is 0.354 e. The lowest BCUT2D eigenvalue weighted by Crippen LogP contribution is -2.37. The van der Waals surface area contributed by atoms with Crippen LogP contribution in [0.3, 0.4) is 0 Å². The summed E-state index contributed by atoms with van der Waals surface area (Å²) in [6.45, 7) is 0.780. The van der Waals surface area contributed by atoms with Gasteiger partial charge in [0.1, 0.15) is 4.32 Å². The Labute approximate surface area is 173 Å². The first-order valence-corrected chi connectivity index (χ1v) is 11.2. The minimum absolute atomic E-state index is 0.00477. The van der Waals surface area contributed by atoms with Gasteiger partial charge in [-0.1, -0.05) is 65.3 Å². The van der Waals surface area contributed by atoms with E-state index in [0.717, 1.165) is 10.0 Å². The zero-order valence-corrected chi connectivity index (χ0v) is 17.5. The van der Waals surface area contributed by atoms with Crippen molar-refractivity contribution >= 4 is 75.4 Å². The van der Waals surface area contributed by atoms with Gasteiger partial charge in [0, 0.05) is 13.1 Å². The van der Waals surface area contributed by atoms with Crippen LogP contribution in [0.25, 0.3) is 5.69 Å². The summed E-state index contributed by atoms with van der Waals surface area (Å²) in [6, 6.07) is 9.64. The Morgan fingerprint density at radius 1 is 1.31 bits per heavy atom. The molecule has 1 aromatic carbocycles. The molecule has 11 heteroatoms. The van der Waals surface area contributed by atoms with Gasteiger partial charge in [-0.2, -0.15) is 0 Å². The zero-order chi connectivity index (χ0) is 18.5. The second-order valence-electron chi connectivity index (χ2n) is 5.12. The van der Waals surface area contributed by atoms with Gasteiger partial charge in [0.15, 0.2) is 8.29 Å². The van der Waals surface area contributed by atoms with Gasteiger partial charge in [-0.15, -0.1) is 5.10 Å². The zero-order valence-electron chi connectivity index (χ0n) is 13.4. The van der Waals surface area contributed by atoms with Crippen LogP contribution in [0.5, 0.6) is 0 Å². The van der Waals surface area contributed by atoms with Gasteiger partial charge in [-0.25, -0.2) is 4.68 Å². The average Bonchev–Trinajstić information content (AvgIpc) is 3.17. The Bertz CT molecular complexity index is 864. The van der Waals surface area contributed by atoms with Crippen LogP contribution in [0.15, 0.2) is 34.7 Å². The van der Waals surface area contributed by atoms with Gasteiger partial charge in [0.25, 0.3) is 0 Å². The summed E-state index contributed by atoms with van der Waals surface area (Å²) in [5.74, 6) is 0.504. The van der Waals surface area contributed by atoms with Crippen LogP contribution in [0.2, 0.25) is 0 Å². The van der Waals surface area contributed by atoms with E-state index in [-0.39, 0.29) is 17.6 Å². The molecule has 26 heavy (non-hydrogen) atoms. The molecule has 0 bridgehead atoms. The van der Waals surface area contributed by atoms with E-state index in [1.54, 1.807) is 4.68 Å². The third kappa shape index (κ3) is 4.92. The molecule has 1 aliphatic rings. The van der Waals surface area contributed by atoms with Crippen molar-refractivity contribution in [3.05, 3.63) is 34.3 Å². The number of benzene rings is 1. The first kappa shape index (κ1) is 19.5. The van der Waals surface area contributed by atoms with E-state index in [1.165, 1.54) is 39.8 Å². The van der Waals surface area contributed by atoms with Gasteiger partial charge in [-0.3, -0.25) is 14.5 Å². The number of carbonyl (C=O) groups excluding carboxylic acids is 2. The Hall–Kier alpha value is -1.27. The molecule has 2 heterocycles. The van der Waals surface area contributed by atoms with E-state index in [0.29, 0.717) is 27.1 Å². The molecule has 1 aromatic heterocycles. The van der Waals surface area contributed by atoms with E-state index >= 15 is 0 Å². The lowest BCUT2D eigenvalue weighted by molar-refractivity contribution is -0.124. The van der Waals surface area contributed by atoms with Crippen LogP contribution in [0, 0.1) is 3.95 Å². The van der Waals surface area contributed by atoms with Crippen molar-refractivity contribution in [3.8, 4) is 5.69 Å². The SMILES string of the molecule is O=C(CSc1nn(-c2ccccc2)c(=S)s1)NCCN1C(=O)CSC1=S. The van der Waals surface area contributed by atoms with Gasteiger partial charge >= 0.3 is 0 Å². The van der Waals surface area contributed by atoms with E-state index < -0.39 is 0 Å². The standard InChI is InChI=1S/C15H14N4O2S5/c20-11(16-6-7-18-12(21)9-25-14(18)22)8-24-13-17-19(15(23)26-13)10-4-2-1-3-5-10/h1-5H,6-9H2,(H,16,20). The summed E-state index contributed by atoms with van der Waals surface area (Å²) < 4.78 is 3.64. The number of nitrogens with zero attached hydrogens (tertiary/aromatic N) is 3. The third-order valence-electron chi connectivity index (χ3n) is 3.35. The number of nitrogens with one attached hydrogen (secondary N) is 1. The number of para-hydroxylation sites is 1. The summed E-state index contributed by atoms with van der Waals surface area (Å²) in [6.07, 6.45) is 0. The van der Waals surface area contributed by atoms with Crippen molar-refractivity contribution in [1.29, 1.82) is 0 Å². The van der Waals surface area contributed by atoms with E-state index in [1.807, 2.05) is 30.3 Å². The van der Waals surface area contributed by atoms with Crippen molar-refractivity contribution < 1.29 is 9.59 Å². The van der Waals surface area contributed by atoms with E-state index in [9.17, 15) is 9.59 Å². The van der Waals surface area contributed by atoms with E-state index in [4.69, 9.17) is 24.4 Å². The molecule has 1 N–H and O–H groups in total. The van der Waals surface area contributed by atoms with Gasteiger partial charge < -0.3 is 5.32 Å². The Morgan fingerprint density at radius 3 is 2.77 bits per heavy atom. The van der Waals surface area contributed by atoms with Crippen LogP contribution in [-0.2, 0) is 9.59 Å². The number of rotatable bonds is 7. The van der Waals surface area contributed by atoms with Gasteiger partial charge in [-0.05, 0) is 24.4 Å². The van der Waals surface area contributed by atoms with Crippen molar-refractivity contribution in [1.82, 2.24) is 20.0 Å². The topological polar surface area (TPSA) is 67.2 Å². The smallest absolute Gasteiger partial charge is 0.238 e. The second-order valence-corrected chi connectivity index (χ2v) is 9.57. The minimum Gasteiger partial charge on any atom is -0.354 e. The highest BCUT2D eigenvalue weighted by molar-refractivity contribution is 8.23. The number of amides is 2. The van der Waals surface area contributed by atoms with Crippen molar-refractivity contribution in [2.75, 3.05) is 24.6 Å². The van der Waals surface area contributed by atoms with Crippen LogP contribution in [-0.4, -0.2) is 55.4 Å². The lowest BCUT2D eigenvalue weighted by atomic mass is 10.3. The summed E-state index contributed by atoms with van der Waals surface area (Å²) in [5.41, 5.74) is 0.897. The van der Waals surface area contributed by atoms with Crippen LogP contribution in [0.1, 0.15) is 0 Å². The number of thioether (sulfide) groups is 2. The molecular weight excluding hydrogens is 429 g/mol. The number of carbonyl (C=O) groups is 2. The summed E-state index contributed by atoms with van der Waals surface area (Å²) in [5, 5.41) is 7.25. The molecule has 0 saturated carbocycles. The first-order chi connectivity index (χ1) is 12.5. The molecule has 0 atom stereocenters. The highest BCUT2D eigenvalue weighted by Crippen LogP contribution is 2.24. The summed E-state index contributed by atoms with van der Waals surface area (Å²) in [7, 11) is 0. The van der Waals surface area contributed by atoms with Crippen molar-refractivity contribution in [3.63, 3.8) is 0 Å². The number of hydrogen-bond acceptors (Lipinski definition) is 8. The van der Waals surface area contributed by atoms with Crippen molar-refractivity contribution in [2.45, 2.75) is 4.34 Å². The first-order valence-electron chi connectivity index (χ1n) is 7.57.